The highest BCUT2D eigenvalue weighted by molar-refractivity contribution is 4.90. The second kappa shape index (κ2) is 14.1. The van der Waals surface area contributed by atoms with E-state index in [9.17, 15) is 0 Å². The van der Waals surface area contributed by atoms with E-state index in [0.717, 1.165) is 19.6 Å². The van der Waals surface area contributed by atoms with E-state index in [4.69, 9.17) is 14.9 Å². The molecule has 0 amide bonds. The van der Waals surface area contributed by atoms with Gasteiger partial charge in [-0.3, -0.25) is 0 Å². The van der Waals surface area contributed by atoms with Gasteiger partial charge in [0.15, 0.2) is 0 Å². The van der Waals surface area contributed by atoms with Gasteiger partial charge in [0.25, 0.3) is 0 Å². The summed E-state index contributed by atoms with van der Waals surface area (Å²) in [5, 5.41) is 16.7. The van der Waals surface area contributed by atoms with Crippen LogP contribution in [-0.2, 0) is 4.74 Å². The molecule has 2 N–H and O–H groups in total. The Morgan fingerprint density at radius 2 is 1.50 bits per heavy atom. The molecule has 0 aromatic rings. The monoisotopic (exact) mass is 230 g/mol. The van der Waals surface area contributed by atoms with Crippen LogP contribution in [0, 0.1) is 0 Å². The van der Waals surface area contributed by atoms with Gasteiger partial charge in [-0.15, -0.1) is 0 Å². The number of ether oxygens (including phenoxy) is 1. The summed E-state index contributed by atoms with van der Waals surface area (Å²) in [6.07, 6.45) is 4.97. The minimum atomic E-state index is 0.000000000000000222. The number of hydrogen-bond acceptors (Lipinski definition) is 3. The van der Waals surface area contributed by atoms with Crippen molar-refractivity contribution in [1.82, 2.24) is 0 Å². The minimum absolute atomic E-state index is 0.000000000000000222. The SMILES string of the molecule is CC(O)=C=C(C)O.CCCCCOCCC. The molecule has 0 spiro atoms. The summed E-state index contributed by atoms with van der Waals surface area (Å²) < 4.78 is 5.28. The molecule has 3 heteroatoms. The van der Waals surface area contributed by atoms with Gasteiger partial charge in [-0.2, -0.15) is 0 Å². The van der Waals surface area contributed by atoms with Crippen molar-refractivity contribution in [2.45, 2.75) is 53.4 Å². The third-order valence-corrected chi connectivity index (χ3v) is 1.60. The Labute approximate surface area is 99.4 Å². The van der Waals surface area contributed by atoms with E-state index in [0.29, 0.717) is 0 Å². The fourth-order valence-corrected chi connectivity index (χ4v) is 0.962. The van der Waals surface area contributed by atoms with Gasteiger partial charge >= 0.3 is 0 Å². The molecule has 0 aliphatic heterocycles. The van der Waals surface area contributed by atoms with Gasteiger partial charge in [-0.05, 0) is 18.6 Å². The number of rotatable bonds is 6. The Hall–Kier alpha value is -0.920. The fraction of sp³-hybridized carbons (Fsp3) is 0.769. The normalized spacial score (nSPS) is 8.75. The predicted octanol–water partition coefficient (Wildman–Crippen LogP) is 4.11. The Kier molecular flexibility index (Phi) is 15.4. The molecule has 0 atom stereocenters. The van der Waals surface area contributed by atoms with E-state index in [1.165, 1.54) is 33.1 Å². The summed E-state index contributed by atoms with van der Waals surface area (Å²) >= 11 is 0. The summed E-state index contributed by atoms with van der Waals surface area (Å²) in [5.74, 6) is 0.000000000000000666. The number of aliphatic hydroxyl groups is 2. The zero-order valence-electron chi connectivity index (χ0n) is 11.0. The highest BCUT2D eigenvalue weighted by atomic mass is 16.5. The summed E-state index contributed by atoms with van der Waals surface area (Å²) in [4.78, 5) is 0. The van der Waals surface area contributed by atoms with Crippen LogP contribution in [0.25, 0.3) is 0 Å². The maximum absolute atomic E-state index is 8.35. The van der Waals surface area contributed by atoms with E-state index in [1.807, 2.05) is 0 Å². The lowest BCUT2D eigenvalue weighted by Crippen LogP contribution is -1.94. The summed E-state index contributed by atoms with van der Waals surface area (Å²) in [5.41, 5.74) is 2.25. The second-order valence-electron chi connectivity index (χ2n) is 3.62. The van der Waals surface area contributed by atoms with Crippen LogP contribution in [-0.4, -0.2) is 23.4 Å². The summed E-state index contributed by atoms with van der Waals surface area (Å²) in [6, 6.07) is 0. The van der Waals surface area contributed by atoms with Crippen LogP contribution in [0.1, 0.15) is 53.4 Å². The molecule has 0 fully saturated rings. The average molecular weight is 230 g/mol. The van der Waals surface area contributed by atoms with Crippen molar-refractivity contribution < 1.29 is 14.9 Å². The lowest BCUT2D eigenvalue weighted by molar-refractivity contribution is 0.131. The quantitative estimate of drug-likeness (QED) is 0.410. The van der Waals surface area contributed by atoms with E-state index in [1.54, 1.807) is 0 Å². The summed E-state index contributed by atoms with van der Waals surface area (Å²) in [6.45, 7) is 9.13. The number of aliphatic hydroxyl groups excluding tert-OH is 2. The van der Waals surface area contributed by atoms with Gasteiger partial charge in [0.05, 0.1) is 0 Å². The van der Waals surface area contributed by atoms with Gasteiger partial charge in [0.2, 0.25) is 0 Å². The van der Waals surface area contributed by atoms with Gasteiger partial charge in [-0.25, -0.2) is 0 Å². The first-order valence-electron chi connectivity index (χ1n) is 5.94. The van der Waals surface area contributed by atoms with E-state index in [-0.39, 0.29) is 11.5 Å². The standard InChI is InChI=1S/C8H18O.C5H8O2/c1-3-5-6-8-9-7-4-2;1-4(6)3-5(2)7/h3-8H2,1-2H3;6-7H,1-2H3. The third-order valence-electron chi connectivity index (χ3n) is 1.60. The predicted molar refractivity (Wildman–Crippen MR) is 67.8 cm³/mol. The topological polar surface area (TPSA) is 49.7 Å². The molecule has 0 aliphatic carbocycles. The average Bonchev–Trinajstić information content (AvgIpc) is 2.16. The van der Waals surface area contributed by atoms with Crippen molar-refractivity contribution in [2.75, 3.05) is 13.2 Å². The van der Waals surface area contributed by atoms with Crippen molar-refractivity contribution in [1.29, 1.82) is 0 Å². The lowest BCUT2D eigenvalue weighted by Gasteiger charge is -1.99. The highest BCUT2D eigenvalue weighted by Crippen LogP contribution is 1.93. The lowest BCUT2D eigenvalue weighted by atomic mass is 10.3. The van der Waals surface area contributed by atoms with Crippen LogP contribution < -0.4 is 0 Å². The highest BCUT2D eigenvalue weighted by Gasteiger charge is 1.84. The molecule has 0 aliphatic rings. The van der Waals surface area contributed by atoms with Crippen LogP contribution in [0.5, 0.6) is 0 Å². The van der Waals surface area contributed by atoms with Crippen LogP contribution in [0.2, 0.25) is 0 Å². The van der Waals surface area contributed by atoms with Crippen molar-refractivity contribution >= 4 is 0 Å². The number of allylic oxidation sites excluding steroid dienone is 1. The molecule has 0 aromatic carbocycles. The van der Waals surface area contributed by atoms with E-state index in [2.05, 4.69) is 19.6 Å². The maximum atomic E-state index is 8.35. The van der Waals surface area contributed by atoms with E-state index < -0.39 is 0 Å². The summed E-state index contributed by atoms with van der Waals surface area (Å²) in [7, 11) is 0. The largest absolute Gasteiger partial charge is 0.505 e. The Balaban J connectivity index is 0. The number of hydrogen-bond donors (Lipinski definition) is 2. The van der Waals surface area contributed by atoms with Crippen molar-refractivity contribution in [3.8, 4) is 0 Å². The maximum Gasteiger partial charge on any atom is 0.135 e. The molecule has 0 radical (unpaired) electrons. The molecule has 0 rings (SSSR count). The zero-order chi connectivity index (χ0) is 12.8. The first-order valence-corrected chi connectivity index (χ1v) is 5.94. The fourth-order valence-electron chi connectivity index (χ4n) is 0.962. The van der Waals surface area contributed by atoms with Crippen LogP contribution in [0.15, 0.2) is 17.2 Å². The Bertz CT molecular complexity index is 177. The van der Waals surface area contributed by atoms with Gasteiger partial charge in [0.1, 0.15) is 11.5 Å². The molecule has 0 heterocycles. The van der Waals surface area contributed by atoms with Crippen LogP contribution in [0.3, 0.4) is 0 Å². The smallest absolute Gasteiger partial charge is 0.135 e. The Morgan fingerprint density at radius 1 is 0.938 bits per heavy atom. The molecule has 0 unspecified atom stereocenters. The van der Waals surface area contributed by atoms with Crippen molar-refractivity contribution in [3.63, 3.8) is 0 Å². The molecule has 96 valence electrons. The number of unbranched alkanes of at least 4 members (excludes halogenated alkanes) is 2. The van der Waals surface area contributed by atoms with Gasteiger partial charge in [0, 0.05) is 27.1 Å². The van der Waals surface area contributed by atoms with Gasteiger partial charge in [-0.1, -0.05) is 26.7 Å². The molecular formula is C13H26O3. The first kappa shape index (κ1) is 17.5. The minimum Gasteiger partial charge on any atom is -0.505 e. The Morgan fingerprint density at radius 3 is 1.81 bits per heavy atom. The third kappa shape index (κ3) is 23.2. The first-order chi connectivity index (χ1) is 7.54. The van der Waals surface area contributed by atoms with Crippen molar-refractivity contribution in [3.05, 3.63) is 17.2 Å². The second-order valence-corrected chi connectivity index (χ2v) is 3.62. The molecule has 3 nitrogen and oxygen atoms in total. The molecule has 0 saturated heterocycles. The molecule has 16 heavy (non-hydrogen) atoms. The van der Waals surface area contributed by atoms with Crippen LogP contribution >= 0.6 is 0 Å². The van der Waals surface area contributed by atoms with Crippen LogP contribution in [0.4, 0.5) is 0 Å². The van der Waals surface area contributed by atoms with E-state index >= 15 is 0 Å². The van der Waals surface area contributed by atoms with Gasteiger partial charge < -0.3 is 14.9 Å². The zero-order valence-corrected chi connectivity index (χ0v) is 11.0. The molecule has 0 saturated carbocycles. The molecular weight excluding hydrogens is 204 g/mol. The molecule has 0 aromatic heterocycles. The van der Waals surface area contributed by atoms with Crippen molar-refractivity contribution in [2.24, 2.45) is 0 Å². The molecule has 0 bridgehead atoms.